The highest BCUT2D eigenvalue weighted by Gasteiger charge is 2.08. The Labute approximate surface area is 74.4 Å². The molecule has 0 aromatic rings. The maximum Gasteiger partial charge on any atom is 0.156 e. The van der Waals surface area contributed by atoms with Crippen LogP contribution in [0.2, 0.25) is 0 Å². The van der Waals surface area contributed by atoms with E-state index in [2.05, 4.69) is 0 Å². The minimum Gasteiger partial charge on any atom is -1.00 e. The van der Waals surface area contributed by atoms with Crippen LogP contribution in [0.1, 0.15) is 6.42 Å². The Bertz CT molecular complexity index is 83.1. The van der Waals surface area contributed by atoms with Gasteiger partial charge in [-0.25, -0.2) is 0 Å². The fourth-order valence-electron chi connectivity index (χ4n) is 0.503. The van der Waals surface area contributed by atoms with Crippen molar-refractivity contribution in [2.75, 3.05) is 27.7 Å². The third-order valence-corrected chi connectivity index (χ3v) is 1.06. The van der Waals surface area contributed by atoms with Gasteiger partial charge < -0.3 is 33.3 Å². The number of aliphatic hydroxyl groups is 2. The minimum atomic E-state index is -1.15. The summed E-state index contributed by atoms with van der Waals surface area (Å²) in [5.74, 6) is 0. The summed E-state index contributed by atoms with van der Waals surface area (Å²) in [6.45, 7) is 0.789. The first kappa shape index (κ1) is 17.3. The van der Waals surface area contributed by atoms with Crippen LogP contribution in [0.15, 0.2) is 0 Å². The smallest absolute Gasteiger partial charge is 0.156 e. The lowest BCUT2D eigenvalue weighted by molar-refractivity contribution is -0.871. The molecule has 4 nitrogen and oxygen atoms in total. The van der Waals surface area contributed by atoms with Crippen LogP contribution in [0.5, 0.6) is 0 Å². The second kappa shape index (κ2) is 6.82. The molecule has 0 aliphatic carbocycles. The van der Waals surface area contributed by atoms with E-state index in [9.17, 15) is 0 Å². The van der Waals surface area contributed by atoms with Crippen molar-refractivity contribution in [1.29, 1.82) is 0 Å². The van der Waals surface area contributed by atoms with Gasteiger partial charge in [0.1, 0.15) is 0 Å². The molecule has 72 valence electrons. The highest BCUT2D eigenvalue weighted by molar-refractivity contribution is 4.35. The van der Waals surface area contributed by atoms with E-state index in [4.69, 9.17) is 10.2 Å². The summed E-state index contributed by atoms with van der Waals surface area (Å²) in [5.41, 5.74) is 0. The second-order valence-electron chi connectivity index (χ2n) is 3.28. The predicted molar refractivity (Wildman–Crippen MR) is 40.8 cm³/mol. The standard InChI is InChI=1S/C6H16NO2.ClH.H3N/c1-7(2,3)5-4-6(8)9;;/h6,8-9H,4-5H2,1-3H3;1H;1H3/q+1;;/p-1. The van der Waals surface area contributed by atoms with E-state index < -0.39 is 6.29 Å². The maximum absolute atomic E-state index is 8.46. The van der Waals surface area contributed by atoms with Crippen molar-refractivity contribution in [2.45, 2.75) is 12.7 Å². The van der Waals surface area contributed by atoms with Crippen LogP contribution < -0.4 is 18.6 Å². The number of quaternary nitrogens is 1. The number of rotatable bonds is 3. The summed E-state index contributed by atoms with van der Waals surface area (Å²) < 4.78 is 0.775. The van der Waals surface area contributed by atoms with Gasteiger partial charge in [-0.2, -0.15) is 0 Å². The van der Waals surface area contributed by atoms with E-state index in [1.807, 2.05) is 21.1 Å². The van der Waals surface area contributed by atoms with Crippen LogP contribution in [-0.4, -0.2) is 48.7 Å². The number of hydrogen-bond acceptors (Lipinski definition) is 3. The van der Waals surface area contributed by atoms with Crippen LogP contribution in [0.4, 0.5) is 0 Å². The molecule has 0 amide bonds. The number of nitrogens with zero attached hydrogens (tertiary/aromatic N) is 1. The fraction of sp³-hybridized carbons (Fsp3) is 1.00. The first-order chi connectivity index (χ1) is 3.92. The van der Waals surface area contributed by atoms with Gasteiger partial charge in [-0.3, -0.25) is 0 Å². The van der Waals surface area contributed by atoms with Gasteiger partial charge in [0.15, 0.2) is 6.29 Å². The molecule has 5 heteroatoms. The van der Waals surface area contributed by atoms with E-state index in [1.54, 1.807) is 0 Å². The SMILES string of the molecule is C[N+](C)(C)CCC(O)O.N.[Cl-]. The molecule has 0 heterocycles. The third kappa shape index (κ3) is 17.8. The Morgan fingerprint density at radius 2 is 1.55 bits per heavy atom. The van der Waals surface area contributed by atoms with Crippen molar-refractivity contribution in [3.63, 3.8) is 0 Å². The molecule has 0 bridgehead atoms. The molecule has 0 aromatic heterocycles. The molecule has 0 atom stereocenters. The molecule has 0 aliphatic heterocycles. The van der Waals surface area contributed by atoms with Crippen molar-refractivity contribution in [3.05, 3.63) is 0 Å². The summed E-state index contributed by atoms with van der Waals surface area (Å²) in [5, 5.41) is 16.9. The maximum atomic E-state index is 8.46. The van der Waals surface area contributed by atoms with E-state index >= 15 is 0 Å². The molecule has 11 heavy (non-hydrogen) atoms. The number of aliphatic hydroxyl groups excluding tert-OH is 1. The average molecular weight is 187 g/mol. The molecule has 0 spiro atoms. The van der Waals surface area contributed by atoms with Crippen molar-refractivity contribution in [3.8, 4) is 0 Å². The molecule has 0 saturated heterocycles. The van der Waals surface area contributed by atoms with E-state index in [1.165, 1.54) is 0 Å². The van der Waals surface area contributed by atoms with Crippen LogP contribution in [0.25, 0.3) is 0 Å². The second-order valence-corrected chi connectivity index (χ2v) is 3.28. The molecule has 0 fully saturated rings. The van der Waals surface area contributed by atoms with Gasteiger partial charge >= 0.3 is 0 Å². The van der Waals surface area contributed by atoms with Crippen molar-refractivity contribution >= 4 is 0 Å². The first-order valence-corrected chi connectivity index (χ1v) is 3.08. The minimum absolute atomic E-state index is 0. The lowest BCUT2D eigenvalue weighted by Gasteiger charge is -2.23. The normalized spacial score (nSPS) is 10.4. The zero-order valence-electron chi connectivity index (χ0n) is 7.42. The summed E-state index contributed by atoms with van der Waals surface area (Å²) in [4.78, 5) is 0. The number of hydrogen-bond donors (Lipinski definition) is 3. The molecular formula is C6H19ClN2O2. The van der Waals surface area contributed by atoms with Crippen molar-refractivity contribution < 1.29 is 27.1 Å². The lowest BCUT2D eigenvalue weighted by Crippen LogP contribution is -3.00. The van der Waals surface area contributed by atoms with Crippen LogP contribution >= 0.6 is 0 Å². The topological polar surface area (TPSA) is 75.5 Å². The Balaban J connectivity index is -0.000000320. The van der Waals surface area contributed by atoms with Gasteiger partial charge in [-0.15, -0.1) is 0 Å². The Hall–Kier alpha value is 0.130. The third-order valence-electron chi connectivity index (χ3n) is 1.06. The molecule has 0 rings (SSSR count). The van der Waals surface area contributed by atoms with Gasteiger partial charge in [0.25, 0.3) is 0 Å². The van der Waals surface area contributed by atoms with E-state index in [0.29, 0.717) is 6.42 Å². The monoisotopic (exact) mass is 186 g/mol. The van der Waals surface area contributed by atoms with Gasteiger partial charge in [-0.1, -0.05) is 0 Å². The highest BCUT2D eigenvalue weighted by atomic mass is 35.5. The molecule has 0 radical (unpaired) electrons. The van der Waals surface area contributed by atoms with Crippen LogP contribution in [-0.2, 0) is 0 Å². The van der Waals surface area contributed by atoms with Gasteiger partial charge in [0.05, 0.1) is 27.7 Å². The molecular weight excluding hydrogens is 168 g/mol. The summed E-state index contributed by atoms with van der Waals surface area (Å²) >= 11 is 0. The highest BCUT2D eigenvalue weighted by Crippen LogP contribution is 1.94. The largest absolute Gasteiger partial charge is 1.00 e. The fourth-order valence-corrected chi connectivity index (χ4v) is 0.503. The lowest BCUT2D eigenvalue weighted by atomic mass is 10.4. The van der Waals surface area contributed by atoms with Gasteiger partial charge in [0.2, 0.25) is 0 Å². The van der Waals surface area contributed by atoms with Crippen molar-refractivity contribution in [1.82, 2.24) is 6.15 Å². The molecule has 0 aromatic carbocycles. The summed E-state index contributed by atoms with van der Waals surface area (Å²) in [6, 6.07) is 0. The molecule has 0 aliphatic rings. The Kier molecular flexibility index (Phi) is 10.7. The van der Waals surface area contributed by atoms with Crippen LogP contribution in [0, 0.1) is 0 Å². The number of halogens is 1. The van der Waals surface area contributed by atoms with E-state index in [-0.39, 0.29) is 18.6 Å². The average Bonchev–Trinajstić information content (AvgIpc) is 1.59. The summed E-state index contributed by atoms with van der Waals surface area (Å²) in [7, 11) is 6.05. The molecule has 0 unspecified atom stereocenters. The Morgan fingerprint density at radius 1 is 1.18 bits per heavy atom. The zero-order valence-corrected chi connectivity index (χ0v) is 8.17. The Morgan fingerprint density at radius 3 is 1.64 bits per heavy atom. The quantitative estimate of drug-likeness (QED) is 0.317. The first-order valence-electron chi connectivity index (χ1n) is 3.08. The zero-order chi connectivity index (χ0) is 7.49. The van der Waals surface area contributed by atoms with Gasteiger partial charge in [-0.05, 0) is 0 Å². The van der Waals surface area contributed by atoms with Gasteiger partial charge in [0, 0.05) is 6.42 Å². The summed E-state index contributed by atoms with van der Waals surface area (Å²) in [6.07, 6.45) is -0.703. The molecule has 0 saturated carbocycles. The molecule has 5 N–H and O–H groups in total. The van der Waals surface area contributed by atoms with Crippen molar-refractivity contribution in [2.24, 2.45) is 0 Å². The predicted octanol–water partition coefficient (Wildman–Crippen LogP) is -3.44. The van der Waals surface area contributed by atoms with Crippen LogP contribution in [0.3, 0.4) is 0 Å². The van der Waals surface area contributed by atoms with E-state index in [0.717, 1.165) is 11.0 Å².